The minimum atomic E-state index is -0.510. The lowest BCUT2D eigenvalue weighted by Crippen LogP contribution is -2.48. The number of ether oxygens (including phenoxy) is 1. The van der Waals surface area contributed by atoms with Crippen molar-refractivity contribution in [2.75, 3.05) is 13.1 Å². The molecule has 134 valence electrons. The van der Waals surface area contributed by atoms with E-state index in [1.807, 2.05) is 45.6 Å². The molecule has 0 aliphatic carbocycles. The van der Waals surface area contributed by atoms with E-state index >= 15 is 0 Å². The number of aromatic nitrogens is 1. The number of amides is 2. The summed E-state index contributed by atoms with van der Waals surface area (Å²) in [4.78, 5) is 29.5. The second-order valence-electron chi connectivity index (χ2n) is 7.60. The molecule has 2 heterocycles. The average molecular weight is 335 g/mol. The number of hydrogen-bond donors (Lipinski definition) is 2. The minimum absolute atomic E-state index is 0.0391. The molecule has 24 heavy (non-hydrogen) atoms. The third-order valence-electron chi connectivity index (χ3n) is 4.38. The van der Waals surface area contributed by atoms with Crippen LogP contribution in [0.5, 0.6) is 0 Å². The highest BCUT2D eigenvalue weighted by Gasteiger charge is 2.30. The summed E-state index contributed by atoms with van der Waals surface area (Å²) in [6.45, 7) is 10.8. The molecule has 2 amide bonds. The second-order valence-corrected chi connectivity index (χ2v) is 7.60. The van der Waals surface area contributed by atoms with Crippen molar-refractivity contribution >= 4 is 12.0 Å². The number of nitrogens with zero attached hydrogens (tertiary/aromatic N) is 1. The SMILES string of the molecule is Cc1[nH]ccc1C(=O)N1CCC[C@H]([C@H](C)NC(=O)OC(C)(C)C)C1. The van der Waals surface area contributed by atoms with Crippen LogP contribution < -0.4 is 5.32 Å². The Morgan fingerprint density at radius 3 is 2.71 bits per heavy atom. The average Bonchev–Trinajstić information content (AvgIpc) is 2.90. The zero-order chi connectivity index (χ0) is 17.9. The van der Waals surface area contributed by atoms with Gasteiger partial charge in [0.25, 0.3) is 5.91 Å². The summed E-state index contributed by atoms with van der Waals surface area (Å²) < 4.78 is 5.31. The van der Waals surface area contributed by atoms with Crippen molar-refractivity contribution in [1.29, 1.82) is 0 Å². The largest absolute Gasteiger partial charge is 0.444 e. The first-order chi connectivity index (χ1) is 11.2. The summed E-state index contributed by atoms with van der Waals surface area (Å²) in [7, 11) is 0. The van der Waals surface area contributed by atoms with E-state index in [4.69, 9.17) is 4.74 Å². The highest BCUT2D eigenvalue weighted by Crippen LogP contribution is 2.22. The van der Waals surface area contributed by atoms with Gasteiger partial charge in [0, 0.05) is 31.0 Å². The van der Waals surface area contributed by atoms with Crippen molar-refractivity contribution in [2.24, 2.45) is 5.92 Å². The first kappa shape index (κ1) is 18.4. The molecule has 0 bridgehead atoms. The Balaban J connectivity index is 1.94. The van der Waals surface area contributed by atoms with Gasteiger partial charge in [0.2, 0.25) is 0 Å². The molecule has 1 aliphatic heterocycles. The van der Waals surface area contributed by atoms with Crippen LogP contribution >= 0.6 is 0 Å². The molecular weight excluding hydrogens is 306 g/mol. The smallest absolute Gasteiger partial charge is 0.407 e. The number of rotatable bonds is 3. The third-order valence-corrected chi connectivity index (χ3v) is 4.38. The van der Waals surface area contributed by atoms with Crippen LogP contribution in [0.4, 0.5) is 4.79 Å². The quantitative estimate of drug-likeness (QED) is 0.891. The number of aromatic amines is 1. The molecule has 2 rings (SSSR count). The molecule has 1 fully saturated rings. The minimum Gasteiger partial charge on any atom is -0.444 e. The van der Waals surface area contributed by atoms with Gasteiger partial charge in [-0.1, -0.05) is 0 Å². The van der Waals surface area contributed by atoms with E-state index in [-0.39, 0.29) is 17.9 Å². The second kappa shape index (κ2) is 7.28. The Hall–Kier alpha value is -1.98. The lowest BCUT2D eigenvalue weighted by atomic mass is 9.91. The summed E-state index contributed by atoms with van der Waals surface area (Å²) in [5.74, 6) is 0.289. The summed E-state index contributed by atoms with van der Waals surface area (Å²) in [5.41, 5.74) is 1.11. The van der Waals surface area contributed by atoms with Crippen LogP contribution in [0, 0.1) is 12.8 Å². The lowest BCUT2D eigenvalue weighted by Gasteiger charge is -2.36. The van der Waals surface area contributed by atoms with Crippen molar-refractivity contribution in [1.82, 2.24) is 15.2 Å². The first-order valence-electron chi connectivity index (χ1n) is 8.60. The highest BCUT2D eigenvalue weighted by molar-refractivity contribution is 5.95. The van der Waals surface area contributed by atoms with Crippen molar-refractivity contribution in [3.8, 4) is 0 Å². The molecule has 0 saturated carbocycles. The number of carbonyl (C=O) groups excluding carboxylic acids is 2. The normalized spacial score (nSPS) is 19.7. The molecule has 1 aromatic heterocycles. The predicted molar refractivity (Wildman–Crippen MR) is 93.0 cm³/mol. The summed E-state index contributed by atoms with van der Waals surface area (Å²) in [6.07, 6.45) is 3.32. The van der Waals surface area contributed by atoms with Crippen LogP contribution in [0.2, 0.25) is 0 Å². The number of aryl methyl sites for hydroxylation is 1. The van der Waals surface area contributed by atoms with E-state index in [0.29, 0.717) is 6.54 Å². The van der Waals surface area contributed by atoms with Gasteiger partial charge in [-0.25, -0.2) is 4.79 Å². The Labute approximate surface area is 143 Å². The van der Waals surface area contributed by atoms with Crippen molar-refractivity contribution in [3.05, 3.63) is 23.5 Å². The summed E-state index contributed by atoms with van der Waals surface area (Å²) in [6, 6.07) is 1.78. The van der Waals surface area contributed by atoms with E-state index in [0.717, 1.165) is 30.6 Å². The molecular formula is C18H29N3O3. The molecule has 0 unspecified atom stereocenters. The van der Waals surface area contributed by atoms with Gasteiger partial charge in [0.05, 0.1) is 5.56 Å². The van der Waals surface area contributed by atoms with E-state index in [9.17, 15) is 9.59 Å². The van der Waals surface area contributed by atoms with Gasteiger partial charge in [-0.3, -0.25) is 4.79 Å². The summed E-state index contributed by atoms with van der Waals surface area (Å²) >= 11 is 0. The number of carbonyl (C=O) groups is 2. The molecule has 0 spiro atoms. The van der Waals surface area contributed by atoms with Crippen LogP contribution in [-0.4, -0.2) is 46.6 Å². The molecule has 0 aromatic carbocycles. The van der Waals surface area contributed by atoms with E-state index < -0.39 is 11.7 Å². The van der Waals surface area contributed by atoms with Crippen LogP contribution in [0.15, 0.2) is 12.3 Å². The molecule has 1 aliphatic rings. The van der Waals surface area contributed by atoms with Crippen LogP contribution in [0.25, 0.3) is 0 Å². The van der Waals surface area contributed by atoms with Crippen molar-refractivity contribution < 1.29 is 14.3 Å². The highest BCUT2D eigenvalue weighted by atomic mass is 16.6. The molecule has 6 heteroatoms. The molecule has 2 N–H and O–H groups in total. The van der Waals surface area contributed by atoms with Gasteiger partial charge in [0.1, 0.15) is 5.60 Å². The van der Waals surface area contributed by atoms with Gasteiger partial charge in [0.15, 0.2) is 0 Å². The zero-order valence-corrected chi connectivity index (χ0v) is 15.3. The lowest BCUT2D eigenvalue weighted by molar-refractivity contribution is 0.0460. The molecule has 0 radical (unpaired) electrons. The third kappa shape index (κ3) is 4.76. The number of nitrogens with one attached hydrogen (secondary N) is 2. The standard InChI is InChI=1S/C18H29N3O3/c1-12(20-17(23)24-18(3,4)5)14-7-6-10-21(11-14)16(22)15-8-9-19-13(15)2/h8-9,12,14,19H,6-7,10-11H2,1-5H3,(H,20,23)/t12-,14-/m0/s1. The fourth-order valence-corrected chi connectivity index (χ4v) is 3.07. The van der Waals surface area contributed by atoms with Gasteiger partial charge in [-0.15, -0.1) is 0 Å². The summed E-state index contributed by atoms with van der Waals surface area (Å²) in [5, 5.41) is 2.91. The van der Waals surface area contributed by atoms with E-state index in [2.05, 4.69) is 10.3 Å². The first-order valence-corrected chi connectivity index (χ1v) is 8.60. The van der Waals surface area contributed by atoms with Gasteiger partial charge >= 0.3 is 6.09 Å². The topological polar surface area (TPSA) is 74.4 Å². The molecule has 1 aromatic rings. The van der Waals surface area contributed by atoms with Crippen molar-refractivity contribution in [2.45, 2.75) is 59.1 Å². The number of H-pyrrole nitrogens is 1. The maximum atomic E-state index is 12.7. The molecule has 1 saturated heterocycles. The number of hydrogen-bond acceptors (Lipinski definition) is 3. The fourth-order valence-electron chi connectivity index (χ4n) is 3.07. The van der Waals surface area contributed by atoms with Crippen molar-refractivity contribution in [3.63, 3.8) is 0 Å². The number of piperidine rings is 1. The maximum absolute atomic E-state index is 12.7. The van der Waals surface area contributed by atoms with Gasteiger partial charge in [-0.05, 0) is 59.4 Å². The zero-order valence-electron chi connectivity index (χ0n) is 15.3. The monoisotopic (exact) mass is 335 g/mol. The van der Waals surface area contributed by atoms with E-state index in [1.165, 1.54) is 0 Å². The molecule has 6 nitrogen and oxygen atoms in total. The Morgan fingerprint density at radius 2 is 2.12 bits per heavy atom. The van der Waals surface area contributed by atoms with E-state index in [1.54, 1.807) is 6.20 Å². The van der Waals surface area contributed by atoms with Crippen LogP contribution in [0.1, 0.15) is 56.6 Å². The maximum Gasteiger partial charge on any atom is 0.407 e. The Kier molecular flexibility index (Phi) is 5.57. The Bertz CT molecular complexity index is 589. The predicted octanol–water partition coefficient (Wildman–Crippen LogP) is 3.09. The number of likely N-dealkylation sites (tertiary alicyclic amines) is 1. The Morgan fingerprint density at radius 1 is 1.42 bits per heavy atom. The fraction of sp³-hybridized carbons (Fsp3) is 0.667. The van der Waals surface area contributed by atoms with Gasteiger partial charge < -0.3 is 19.9 Å². The number of alkyl carbamates (subject to hydrolysis) is 1. The van der Waals surface area contributed by atoms with Gasteiger partial charge in [-0.2, -0.15) is 0 Å². The van der Waals surface area contributed by atoms with Crippen LogP contribution in [0.3, 0.4) is 0 Å². The van der Waals surface area contributed by atoms with Crippen LogP contribution in [-0.2, 0) is 4.74 Å². The molecule has 2 atom stereocenters.